The monoisotopic (exact) mass is 312 g/mol. The Balaban J connectivity index is 1.94. The van der Waals surface area contributed by atoms with Crippen molar-refractivity contribution in [3.8, 4) is 5.75 Å². The molecule has 0 atom stereocenters. The van der Waals surface area contributed by atoms with Crippen LogP contribution in [0, 0.1) is 0 Å². The van der Waals surface area contributed by atoms with Crippen LogP contribution in [-0.2, 0) is 9.59 Å². The summed E-state index contributed by atoms with van der Waals surface area (Å²) in [5.41, 5.74) is 0.553. The number of nitrogens with one attached hydrogen (secondary N) is 1. The van der Waals surface area contributed by atoms with Crippen LogP contribution in [0.4, 0.5) is 5.69 Å². The zero-order chi connectivity index (χ0) is 15.4. The third-order valence-electron chi connectivity index (χ3n) is 3.18. The average molecular weight is 313 g/mol. The van der Waals surface area contributed by atoms with Gasteiger partial charge in [-0.1, -0.05) is 11.6 Å². The Kier molecular flexibility index (Phi) is 5.03. The third kappa shape index (κ3) is 4.61. The summed E-state index contributed by atoms with van der Waals surface area (Å²) in [6, 6.07) is 5.14. The Morgan fingerprint density at radius 1 is 1.43 bits per heavy atom. The number of carboxylic acids is 1. The Bertz CT molecular complexity index is 546. The highest BCUT2D eigenvalue weighted by molar-refractivity contribution is 6.32. The van der Waals surface area contributed by atoms with E-state index in [1.54, 1.807) is 23.1 Å². The quantitative estimate of drug-likeness (QED) is 0.803. The minimum Gasteiger partial charge on any atom is -0.495 e. The molecule has 0 radical (unpaired) electrons. The van der Waals surface area contributed by atoms with E-state index in [1.807, 2.05) is 0 Å². The number of rotatable bonds is 7. The molecule has 1 aromatic rings. The number of anilines is 1. The summed E-state index contributed by atoms with van der Waals surface area (Å²) < 4.78 is 5.03. The van der Waals surface area contributed by atoms with Crippen molar-refractivity contribution < 1.29 is 19.4 Å². The molecule has 0 aliphatic heterocycles. The van der Waals surface area contributed by atoms with Gasteiger partial charge in [0.25, 0.3) is 0 Å². The molecule has 1 saturated carbocycles. The normalized spacial score (nSPS) is 14.0. The summed E-state index contributed by atoms with van der Waals surface area (Å²) in [5.74, 6) is -0.660. The van der Waals surface area contributed by atoms with Crippen molar-refractivity contribution in [2.75, 3.05) is 25.5 Å². The summed E-state index contributed by atoms with van der Waals surface area (Å²) in [6.07, 6.45) is 1.88. The van der Waals surface area contributed by atoms with Crippen LogP contribution in [0.25, 0.3) is 0 Å². The number of hydrogen-bond acceptors (Lipinski definition) is 4. The Labute approximate surface area is 127 Å². The van der Waals surface area contributed by atoms with E-state index in [9.17, 15) is 9.59 Å². The molecule has 1 aliphatic carbocycles. The number of nitrogens with zero attached hydrogens (tertiary/aromatic N) is 1. The highest BCUT2D eigenvalue weighted by atomic mass is 35.5. The van der Waals surface area contributed by atoms with Crippen LogP contribution in [0.2, 0.25) is 5.02 Å². The van der Waals surface area contributed by atoms with E-state index in [2.05, 4.69) is 5.32 Å². The van der Waals surface area contributed by atoms with Gasteiger partial charge in [0.05, 0.1) is 25.2 Å². The molecule has 0 heterocycles. The molecule has 21 heavy (non-hydrogen) atoms. The maximum Gasteiger partial charge on any atom is 0.317 e. The maximum absolute atomic E-state index is 12.0. The standard InChI is InChI=1S/C14H17ClN2O4/c1-21-12-5-2-9(6-11(12)15)16-13(18)7-17(8-14(19)20)10-3-4-10/h2,5-6,10H,3-4,7-8H2,1H3,(H,16,18)(H,19,20). The first-order valence-electron chi connectivity index (χ1n) is 6.59. The molecule has 0 unspecified atom stereocenters. The minimum absolute atomic E-state index is 0.0562. The predicted octanol–water partition coefficient (Wildman–Crippen LogP) is 1.84. The molecule has 114 valence electrons. The van der Waals surface area contributed by atoms with Crippen LogP contribution in [0.3, 0.4) is 0 Å². The van der Waals surface area contributed by atoms with Crippen molar-refractivity contribution in [3.63, 3.8) is 0 Å². The molecule has 1 amide bonds. The number of carboxylic acid groups (broad SMARTS) is 1. The van der Waals surface area contributed by atoms with Crippen molar-refractivity contribution in [2.24, 2.45) is 0 Å². The summed E-state index contributed by atoms with van der Waals surface area (Å²) >= 11 is 5.98. The van der Waals surface area contributed by atoms with Gasteiger partial charge in [-0.2, -0.15) is 0 Å². The fourth-order valence-corrected chi connectivity index (χ4v) is 2.31. The van der Waals surface area contributed by atoms with Gasteiger partial charge in [0.15, 0.2) is 0 Å². The first-order chi connectivity index (χ1) is 9.99. The molecule has 0 spiro atoms. The van der Waals surface area contributed by atoms with Gasteiger partial charge in [-0.05, 0) is 31.0 Å². The fraction of sp³-hybridized carbons (Fsp3) is 0.429. The van der Waals surface area contributed by atoms with E-state index >= 15 is 0 Å². The van der Waals surface area contributed by atoms with Gasteiger partial charge in [0.1, 0.15) is 5.75 Å². The van der Waals surface area contributed by atoms with Crippen molar-refractivity contribution in [1.29, 1.82) is 0 Å². The van der Waals surface area contributed by atoms with Crippen LogP contribution >= 0.6 is 11.6 Å². The van der Waals surface area contributed by atoms with Gasteiger partial charge in [0.2, 0.25) is 5.91 Å². The highest BCUT2D eigenvalue weighted by Crippen LogP contribution is 2.28. The van der Waals surface area contributed by atoms with Gasteiger partial charge in [-0.3, -0.25) is 14.5 Å². The molecule has 0 bridgehead atoms. The predicted molar refractivity (Wildman–Crippen MR) is 78.9 cm³/mol. The van der Waals surface area contributed by atoms with Crippen molar-refractivity contribution >= 4 is 29.2 Å². The maximum atomic E-state index is 12.0. The Morgan fingerprint density at radius 2 is 2.14 bits per heavy atom. The molecule has 7 heteroatoms. The second kappa shape index (κ2) is 6.78. The number of halogens is 1. The zero-order valence-corrected chi connectivity index (χ0v) is 12.4. The van der Waals surface area contributed by atoms with Gasteiger partial charge in [-0.15, -0.1) is 0 Å². The van der Waals surface area contributed by atoms with Crippen LogP contribution in [0.1, 0.15) is 12.8 Å². The van der Waals surface area contributed by atoms with Crippen molar-refractivity contribution in [1.82, 2.24) is 4.90 Å². The van der Waals surface area contributed by atoms with E-state index in [0.29, 0.717) is 16.5 Å². The number of amides is 1. The van der Waals surface area contributed by atoms with E-state index in [-0.39, 0.29) is 25.0 Å². The summed E-state index contributed by atoms with van der Waals surface area (Å²) in [5, 5.41) is 12.0. The SMILES string of the molecule is COc1ccc(NC(=O)CN(CC(=O)O)C2CC2)cc1Cl. The lowest BCUT2D eigenvalue weighted by atomic mass is 10.3. The molecule has 0 saturated heterocycles. The number of carbonyl (C=O) groups is 2. The summed E-state index contributed by atoms with van der Waals surface area (Å²) in [6.45, 7) is -0.0674. The first-order valence-corrected chi connectivity index (χ1v) is 6.96. The molecular weight excluding hydrogens is 296 g/mol. The van der Waals surface area contributed by atoms with Gasteiger partial charge in [0, 0.05) is 11.7 Å². The van der Waals surface area contributed by atoms with Gasteiger partial charge >= 0.3 is 5.97 Å². The van der Waals surface area contributed by atoms with E-state index in [1.165, 1.54) is 7.11 Å². The van der Waals surface area contributed by atoms with Gasteiger partial charge in [-0.25, -0.2) is 0 Å². The number of aliphatic carboxylic acids is 1. The lowest BCUT2D eigenvalue weighted by Crippen LogP contribution is -2.38. The van der Waals surface area contributed by atoms with Gasteiger partial charge < -0.3 is 15.2 Å². The Hall–Kier alpha value is -1.79. The number of hydrogen-bond donors (Lipinski definition) is 2. The largest absolute Gasteiger partial charge is 0.495 e. The van der Waals surface area contributed by atoms with Crippen LogP contribution in [0.15, 0.2) is 18.2 Å². The second-order valence-electron chi connectivity index (χ2n) is 4.93. The highest BCUT2D eigenvalue weighted by Gasteiger charge is 2.31. The summed E-state index contributed by atoms with van der Waals surface area (Å²) in [4.78, 5) is 24.4. The molecule has 6 nitrogen and oxygen atoms in total. The smallest absolute Gasteiger partial charge is 0.317 e. The molecular formula is C14H17ClN2O4. The lowest BCUT2D eigenvalue weighted by molar-refractivity contribution is -0.138. The Morgan fingerprint density at radius 3 is 2.67 bits per heavy atom. The minimum atomic E-state index is -0.929. The molecule has 1 aliphatic rings. The lowest BCUT2D eigenvalue weighted by Gasteiger charge is -2.19. The van der Waals surface area contributed by atoms with E-state index < -0.39 is 5.97 Å². The van der Waals surface area contributed by atoms with E-state index in [0.717, 1.165) is 12.8 Å². The fourth-order valence-electron chi connectivity index (χ4n) is 2.06. The average Bonchev–Trinajstić information content (AvgIpc) is 3.21. The summed E-state index contributed by atoms with van der Waals surface area (Å²) in [7, 11) is 1.51. The van der Waals surface area contributed by atoms with Crippen LogP contribution < -0.4 is 10.1 Å². The zero-order valence-electron chi connectivity index (χ0n) is 11.6. The van der Waals surface area contributed by atoms with Crippen LogP contribution in [0.5, 0.6) is 5.75 Å². The van der Waals surface area contributed by atoms with Crippen molar-refractivity contribution in [3.05, 3.63) is 23.2 Å². The topological polar surface area (TPSA) is 78.9 Å². The second-order valence-corrected chi connectivity index (χ2v) is 5.33. The molecule has 2 rings (SSSR count). The van der Waals surface area contributed by atoms with Crippen LogP contribution in [-0.4, -0.2) is 48.1 Å². The van der Waals surface area contributed by atoms with E-state index in [4.69, 9.17) is 21.4 Å². The molecule has 2 N–H and O–H groups in total. The third-order valence-corrected chi connectivity index (χ3v) is 3.48. The molecule has 0 aromatic heterocycles. The molecule has 1 fully saturated rings. The number of carbonyl (C=O) groups excluding carboxylic acids is 1. The molecule has 1 aromatic carbocycles. The number of methoxy groups -OCH3 is 1. The number of ether oxygens (including phenoxy) is 1. The first kappa shape index (κ1) is 15.6. The van der Waals surface area contributed by atoms with Crippen molar-refractivity contribution in [2.45, 2.75) is 18.9 Å². The number of benzene rings is 1.